The van der Waals surface area contributed by atoms with Gasteiger partial charge in [-0.2, -0.15) is 0 Å². The van der Waals surface area contributed by atoms with E-state index in [1.165, 1.54) is 0 Å². The van der Waals surface area contributed by atoms with Crippen LogP contribution in [0.3, 0.4) is 0 Å². The molecule has 0 saturated heterocycles. The van der Waals surface area contributed by atoms with Crippen molar-refractivity contribution in [2.75, 3.05) is 26.0 Å². The summed E-state index contributed by atoms with van der Waals surface area (Å²) in [6.45, 7) is 5.11. The highest BCUT2D eigenvalue weighted by molar-refractivity contribution is 6.29. The van der Waals surface area contributed by atoms with Gasteiger partial charge in [-0.25, -0.2) is 0 Å². The van der Waals surface area contributed by atoms with Crippen LogP contribution in [0.2, 0.25) is 5.15 Å². The quantitative estimate of drug-likeness (QED) is 0.855. The molecule has 0 bridgehead atoms. The summed E-state index contributed by atoms with van der Waals surface area (Å²) in [7, 11) is 4.10. The lowest BCUT2D eigenvalue weighted by Crippen LogP contribution is -2.44. The van der Waals surface area contributed by atoms with Crippen molar-refractivity contribution in [3.05, 3.63) is 17.3 Å². The van der Waals surface area contributed by atoms with Gasteiger partial charge in [0.1, 0.15) is 5.82 Å². The maximum absolute atomic E-state index is 5.64. The fourth-order valence-electron chi connectivity index (χ4n) is 0.875. The van der Waals surface area contributed by atoms with E-state index in [1.807, 2.05) is 6.07 Å². The molecule has 0 aliphatic carbocycles. The second-order valence-electron chi connectivity index (χ2n) is 4.30. The molecular formula is C10H17ClN4. The van der Waals surface area contributed by atoms with Crippen molar-refractivity contribution in [3.8, 4) is 0 Å². The zero-order valence-electron chi connectivity index (χ0n) is 9.58. The van der Waals surface area contributed by atoms with Gasteiger partial charge in [0, 0.05) is 12.1 Å². The number of aromatic nitrogens is 2. The predicted octanol–water partition coefficient (Wildman–Crippen LogP) is 1.88. The van der Waals surface area contributed by atoms with Crippen molar-refractivity contribution in [1.82, 2.24) is 15.1 Å². The first-order valence-electron chi connectivity index (χ1n) is 4.82. The van der Waals surface area contributed by atoms with Crippen molar-refractivity contribution in [1.29, 1.82) is 0 Å². The van der Waals surface area contributed by atoms with Crippen LogP contribution in [0.15, 0.2) is 12.1 Å². The fraction of sp³-hybridized carbons (Fsp3) is 0.600. The van der Waals surface area contributed by atoms with Gasteiger partial charge in [0.2, 0.25) is 0 Å². The molecule has 15 heavy (non-hydrogen) atoms. The van der Waals surface area contributed by atoms with E-state index in [1.54, 1.807) is 6.07 Å². The highest BCUT2D eigenvalue weighted by Crippen LogP contribution is 2.12. The minimum Gasteiger partial charge on any atom is -0.367 e. The Balaban J connectivity index is 2.54. The van der Waals surface area contributed by atoms with Gasteiger partial charge in [0.25, 0.3) is 0 Å². The molecule has 0 unspecified atom stereocenters. The van der Waals surface area contributed by atoms with Crippen LogP contribution in [0.5, 0.6) is 0 Å². The maximum Gasteiger partial charge on any atom is 0.151 e. The van der Waals surface area contributed by atoms with E-state index in [0.29, 0.717) is 5.15 Å². The van der Waals surface area contributed by atoms with Crippen LogP contribution in [0.4, 0.5) is 5.82 Å². The Morgan fingerprint density at radius 1 is 1.33 bits per heavy atom. The normalized spacial score (nSPS) is 11.9. The SMILES string of the molecule is CN(C)C(C)(C)CNc1ccc(Cl)nn1. The second kappa shape index (κ2) is 4.77. The molecule has 1 heterocycles. The Hall–Kier alpha value is -0.870. The number of likely N-dealkylation sites (N-methyl/N-ethyl adjacent to an activating group) is 1. The van der Waals surface area contributed by atoms with Crippen LogP contribution in [0.1, 0.15) is 13.8 Å². The molecule has 1 aromatic rings. The molecule has 84 valence electrons. The number of halogens is 1. The molecular weight excluding hydrogens is 212 g/mol. The molecule has 1 rings (SSSR count). The largest absolute Gasteiger partial charge is 0.367 e. The third-order valence-corrected chi connectivity index (χ3v) is 2.75. The number of hydrogen-bond donors (Lipinski definition) is 1. The average molecular weight is 229 g/mol. The molecule has 4 nitrogen and oxygen atoms in total. The molecule has 1 aromatic heterocycles. The minimum absolute atomic E-state index is 0.0708. The summed E-state index contributed by atoms with van der Waals surface area (Å²) in [6.07, 6.45) is 0. The van der Waals surface area contributed by atoms with Gasteiger partial charge in [0.05, 0.1) is 0 Å². The number of anilines is 1. The van der Waals surface area contributed by atoms with Crippen molar-refractivity contribution >= 4 is 17.4 Å². The summed E-state index contributed by atoms with van der Waals surface area (Å²) in [5.41, 5.74) is 0.0708. The summed E-state index contributed by atoms with van der Waals surface area (Å²) < 4.78 is 0. The Morgan fingerprint density at radius 2 is 2.00 bits per heavy atom. The van der Waals surface area contributed by atoms with E-state index < -0.39 is 0 Å². The van der Waals surface area contributed by atoms with Crippen molar-refractivity contribution in [3.63, 3.8) is 0 Å². The van der Waals surface area contributed by atoms with Crippen LogP contribution < -0.4 is 5.32 Å². The summed E-state index contributed by atoms with van der Waals surface area (Å²) in [4.78, 5) is 2.16. The van der Waals surface area contributed by atoms with E-state index in [4.69, 9.17) is 11.6 Å². The summed E-state index contributed by atoms with van der Waals surface area (Å²) in [5.74, 6) is 0.745. The molecule has 0 amide bonds. The van der Waals surface area contributed by atoms with Crippen molar-refractivity contribution < 1.29 is 0 Å². The topological polar surface area (TPSA) is 41.0 Å². The zero-order chi connectivity index (χ0) is 11.5. The minimum atomic E-state index is 0.0708. The number of hydrogen-bond acceptors (Lipinski definition) is 4. The third kappa shape index (κ3) is 3.64. The lowest BCUT2D eigenvalue weighted by molar-refractivity contribution is 0.210. The Bertz CT molecular complexity index is 308. The first-order valence-corrected chi connectivity index (χ1v) is 5.20. The molecule has 0 aromatic carbocycles. The van der Waals surface area contributed by atoms with Gasteiger partial charge in [-0.3, -0.25) is 0 Å². The van der Waals surface area contributed by atoms with Crippen LogP contribution >= 0.6 is 11.6 Å². The van der Waals surface area contributed by atoms with E-state index in [9.17, 15) is 0 Å². The lowest BCUT2D eigenvalue weighted by atomic mass is 10.0. The Kier molecular flexibility index (Phi) is 3.88. The first kappa shape index (κ1) is 12.2. The molecule has 0 aliphatic rings. The van der Waals surface area contributed by atoms with Gasteiger partial charge in [-0.15, -0.1) is 10.2 Å². The van der Waals surface area contributed by atoms with Gasteiger partial charge in [-0.1, -0.05) is 11.6 Å². The Labute approximate surface area is 95.6 Å². The lowest BCUT2D eigenvalue weighted by Gasteiger charge is -2.32. The first-order chi connectivity index (χ1) is 6.92. The highest BCUT2D eigenvalue weighted by Gasteiger charge is 2.19. The molecule has 0 spiro atoms. The van der Waals surface area contributed by atoms with Gasteiger partial charge in [0.15, 0.2) is 5.15 Å². The molecule has 5 heteroatoms. The maximum atomic E-state index is 5.64. The molecule has 0 atom stereocenters. The molecule has 0 aliphatic heterocycles. The van der Waals surface area contributed by atoms with E-state index >= 15 is 0 Å². The van der Waals surface area contributed by atoms with Crippen LogP contribution in [-0.2, 0) is 0 Å². The van der Waals surface area contributed by atoms with Crippen LogP contribution in [0, 0.1) is 0 Å². The van der Waals surface area contributed by atoms with E-state index in [-0.39, 0.29) is 5.54 Å². The average Bonchev–Trinajstić information content (AvgIpc) is 2.17. The van der Waals surface area contributed by atoms with Crippen molar-refractivity contribution in [2.45, 2.75) is 19.4 Å². The van der Waals surface area contributed by atoms with Gasteiger partial charge in [-0.05, 0) is 40.1 Å². The predicted molar refractivity (Wildman–Crippen MR) is 63.3 cm³/mol. The number of nitrogens with zero attached hydrogens (tertiary/aromatic N) is 3. The van der Waals surface area contributed by atoms with Crippen LogP contribution in [0.25, 0.3) is 0 Å². The second-order valence-corrected chi connectivity index (χ2v) is 4.69. The standard InChI is InChI=1S/C10H17ClN4/c1-10(2,15(3)4)7-12-9-6-5-8(11)13-14-9/h5-6H,7H2,1-4H3,(H,12,14). The monoisotopic (exact) mass is 228 g/mol. The van der Waals surface area contributed by atoms with E-state index in [0.717, 1.165) is 12.4 Å². The third-order valence-electron chi connectivity index (χ3n) is 2.54. The number of nitrogens with one attached hydrogen (secondary N) is 1. The summed E-state index contributed by atoms with van der Waals surface area (Å²) in [6, 6.07) is 3.54. The summed E-state index contributed by atoms with van der Waals surface area (Å²) >= 11 is 5.64. The fourth-order valence-corrected chi connectivity index (χ4v) is 0.976. The highest BCUT2D eigenvalue weighted by atomic mass is 35.5. The molecule has 0 saturated carbocycles. The number of rotatable bonds is 4. The van der Waals surface area contributed by atoms with Gasteiger partial charge < -0.3 is 10.2 Å². The van der Waals surface area contributed by atoms with E-state index in [2.05, 4.69) is 48.4 Å². The Morgan fingerprint density at radius 3 is 2.47 bits per heavy atom. The van der Waals surface area contributed by atoms with Gasteiger partial charge >= 0.3 is 0 Å². The molecule has 0 fully saturated rings. The van der Waals surface area contributed by atoms with Crippen LogP contribution in [-0.4, -0.2) is 41.3 Å². The zero-order valence-corrected chi connectivity index (χ0v) is 10.3. The molecule has 1 N–H and O–H groups in total. The molecule has 0 radical (unpaired) electrons. The van der Waals surface area contributed by atoms with Crippen molar-refractivity contribution in [2.24, 2.45) is 0 Å². The summed E-state index contributed by atoms with van der Waals surface area (Å²) in [5, 5.41) is 11.3. The smallest absolute Gasteiger partial charge is 0.151 e.